The second kappa shape index (κ2) is 19.6. The molecule has 2 aromatic rings. The zero-order valence-corrected chi connectivity index (χ0v) is 29.3. The minimum absolute atomic E-state index is 0.0602. The second-order valence-electron chi connectivity index (χ2n) is 13.5. The van der Waals surface area contributed by atoms with Gasteiger partial charge in [-0.05, 0) is 48.1 Å². The zero-order chi connectivity index (χ0) is 34.2. The number of ether oxygens (including phenoxy) is 1. The molecular formula is C36H54N3O7P. The van der Waals surface area contributed by atoms with Crippen LogP contribution in [0, 0.1) is 17.8 Å². The number of hydrogen-bond donors (Lipinski definition) is 4. The van der Waals surface area contributed by atoms with E-state index in [-0.39, 0.29) is 43.7 Å². The molecule has 0 heterocycles. The summed E-state index contributed by atoms with van der Waals surface area (Å²) in [5, 5.41) is 19.1. The van der Waals surface area contributed by atoms with Crippen molar-refractivity contribution in [2.24, 2.45) is 17.8 Å². The molecule has 0 spiro atoms. The normalized spacial score (nSPS) is 16.9. The molecule has 11 heteroatoms. The van der Waals surface area contributed by atoms with Gasteiger partial charge in [-0.1, -0.05) is 108 Å². The summed E-state index contributed by atoms with van der Waals surface area (Å²) >= 11 is 0. The number of amides is 3. The van der Waals surface area contributed by atoms with Gasteiger partial charge in [0.05, 0.1) is 18.9 Å². The maximum atomic E-state index is 14.1. The van der Waals surface area contributed by atoms with Gasteiger partial charge in [0.1, 0.15) is 18.7 Å². The molecule has 0 bridgehead atoms. The van der Waals surface area contributed by atoms with Crippen molar-refractivity contribution in [2.45, 2.75) is 97.6 Å². The fourth-order valence-electron chi connectivity index (χ4n) is 5.83. The van der Waals surface area contributed by atoms with E-state index in [1.807, 2.05) is 74.5 Å². The molecule has 0 saturated heterocycles. The number of nitrogens with one attached hydrogen (secondary N) is 3. The van der Waals surface area contributed by atoms with Crippen molar-refractivity contribution in [3.8, 4) is 0 Å². The molecule has 0 aromatic heterocycles. The Kier molecular flexibility index (Phi) is 15.9. The number of aliphatic hydroxyl groups excluding tert-OH is 1. The largest absolute Gasteiger partial charge is 0.445 e. The summed E-state index contributed by atoms with van der Waals surface area (Å²) in [5.41, 5.74) is 1.72. The fraction of sp³-hybridized carbons (Fsp3) is 0.583. The predicted octanol–water partition coefficient (Wildman–Crippen LogP) is 6.02. The highest BCUT2D eigenvalue weighted by Crippen LogP contribution is 2.51. The Morgan fingerprint density at radius 3 is 2.02 bits per heavy atom. The first kappa shape index (κ1) is 38.2. The monoisotopic (exact) mass is 671 g/mol. The Bertz CT molecular complexity index is 1290. The maximum Gasteiger partial charge on any atom is 0.408 e. The lowest BCUT2D eigenvalue weighted by molar-refractivity contribution is -0.131. The molecule has 1 fully saturated rings. The first-order valence-electron chi connectivity index (χ1n) is 16.9. The van der Waals surface area contributed by atoms with Crippen LogP contribution in [0.1, 0.15) is 77.3 Å². The van der Waals surface area contributed by atoms with Crippen molar-refractivity contribution in [3.63, 3.8) is 0 Å². The second-order valence-corrected chi connectivity index (χ2v) is 16.1. The summed E-state index contributed by atoms with van der Waals surface area (Å²) in [5.74, 6) is -0.898. The number of rotatable bonds is 18. The summed E-state index contributed by atoms with van der Waals surface area (Å²) in [6, 6.07) is 16.9. The molecule has 1 aliphatic rings. The minimum atomic E-state index is -3.22. The molecule has 10 nitrogen and oxygen atoms in total. The van der Waals surface area contributed by atoms with E-state index < -0.39 is 43.5 Å². The highest BCUT2D eigenvalue weighted by molar-refractivity contribution is 7.59. The standard InChI is InChI=1S/C36H54N3O7P/c1-26(2)20-32(38-35(42)33(27(3)4)39-36(43)45-22-28-14-8-5-9-15-28)34(41)37-21-31(40)25-47(44,24-30-18-12-7-13-19-30)46-23-29-16-10-6-11-17-29/h5-6,8-11,14-17,26-27,30-33,40H,7,12-13,18-25H2,1-4H3,(H,37,41)(H,38,42)(H,39,43)/t31-,32-,33+,47?/m1/s1. The number of aliphatic hydroxyl groups is 1. The van der Waals surface area contributed by atoms with E-state index >= 15 is 0 Å². The molecule has 47 heavy (non-hydrogen) atoms. The van der Waals surface area contributed by atoms with Crippen molar-refractivity contribution >= 4 is 25.3 Å². The van der Waals surface area contributed by atoms with Crippen molar-refractivity contribution in [3.05, 3.63) is 71.8 Å². The van der Waals surface area contributed by atoms with Crippen LogP contribution in [0.15, 0.2) is 60.7 Å². The number of carbonyl (C=O) groups is 3. The van der Waals surface area contributed by atoms with E-state index in [0.29, 0.717) is 12.6 Å². The van der Waals surface area contributed by atoms with Gasteiger partial charge < -0.3 is 30.3 Å². The molecule has 0 radical (unpaired) electrons. The molecule has 2 aromatic carbocycles. The van der Waals surface area contributed by atoms with Crippen LogP contribution < -0.4 is 16.0 Å². The van der Waals surface area contributed by atoms with Crippen LogP contribution in [0.3, 0.4) is 0 Å². The molecule has 0 aliphatic heterocycles. The van der Waals surface area contributed by atoms with E-state index in [1.165, 1.54) is 6.42 Å². The van der Waals surface area contributed by atoms with Gasteiger partial charge in [0.25, 0.3) is 0 Å². The molecule has 4 atom stereocenters. The first-order chi connectivity index (χ1) is 22.4. The van der Waals surface area contributed by atoms with Crippen LogP contribution in [0.2, 0.25) is 0 Å². The summed E-state index contributed by atoms with van der Waals surface area (Å²) in [6.45, 7) is 7.58. The van der Waals surface area contributed by atoms with Crippen LogP contribution in [0.4, 0.5) is 4.79 Å². The van der Waals surface area contributed by atoms with Gasteiger partial charge in [0.15, 0.2) is 0 Å². The van der Waals surface area contributed by atoms with Crippen molar-refractivity contribution < 1.29 is 33.3 Å². The molecule has 1 saturated carbocycles. The highest BCUT2D eigenvalue weighted by atomic mass is 31.2. The van der Waals surface area contributed by atoms with Crippen molar-refractivity contribution in [2.75, 3.05) is 18.9 Å². The van der Waals surface area contributed by atoms with Crippen LogP contribution in [-0.4, -0.2) is 60.1 Å². The van der Waals surface area contributed by atoms with Crippen molar-refractivity contribution in [1.29, 1.82) is 0 Å². The average Bonchev–Trinajstić information content (AvgIpc) is 3.05. The Balaban J connectivity index is 1.58. The Labute approximate surface area is 280 Å². The van der Waals surface area contributed by atoms with Gasteiger partial charge in [0.2, 0.25) is 19.2 Å². The van der Waals surface area contributed by atoms with E-state index in [1.54, 1.807) is 13.8 Å². The molecule has 1 aliphatic carbocycles. The van der Waals surface area contributed by atoms with Crippen LogP contribution in [0.25, 0.3) is 0 Å². The third kappa shape index (κ3) is 14.2. The highest BCUT2D eigenvalue weighted by Gasteiger charge is 2.33. The average molecular weight is 672 g/mol. The molecular weight excluding hydrogens is 617 g/mol. The van der Waals surface area contributed by atoms with Crippen LogP contribution in [0.5, 0.6) is 0 Å². The molecule has 1 unspecified atom stereocenters. The first-order valence-corrected chi connectivity index (χ1v) is 18.9. The molecule has 260 valence electrons. The Morgan fingerprint density at radius 2 is 1.45 bits per heavy atom. The van der Waals surface area contributed by atoms with Gasteiger partial charge in [-0.2, -0.15) is 0 Å². The van der Waals surface area contributed by atoms with Gasteiger partial charge in [-0.15, -0.1) is 0 Å². The fourth-order valence-corrected chi connectivity index (χ4v) is 8.50. The van der Waals surface area contributed by atoms with E-state index in [0.717, 1.165) is 36.8 Å². The lowest BCUT2D eigenvalue weighted by atomic mass is 9.91. The number of carbonyl (C=O) groups excluding carboxylic acids is 3. The molecule has 3 amide bonds. The maximum absolute atomic E-state index is 14.1. The van der Waals surface area contributed by atoms with Gasteiger partial charge >= 0.3 is 6.09 Å². The van der Waals surface area contributed by atoms with Crippen LogP contribution in [-0.2, 0) is 36.6 Å². The van der Waals surface area contributed by atoms with Gasteiger partial charge in [0, 0.05) is 12.7 Å². The number of hydrogen-bond acceptors (Lipinski definition) is 7. The van der Waals surface area contributed by atoms with E-state index in [2.05, 4.69) is 16.0 Å². The summed E-state index contributed by atoms with van der Waals surface area (Å²) in [4.78, 5) is 39.2. The zero-order valence-electron chi connectivity index (χ0n) is 28.4. The third-order valence-electron chi connectivity index (χ3n) is 8.35. The quantitative estimate of drug-likeness (QED) is 0.142. The van der Waals surface area contributed by atoms with E-state index in [4.69, 9.17) is 9.26 Å². The summed E-state index contributed by atoms with van der Waals surface area (Å²) in [6.07, 6.45) is 4.25. The number of alkyl carbamates (subject to hydrolysis) is 1. The van der Waals surface area contributed by atoms with E-state index in [9.17, 15) is 24.1 Å². The summed E-state index contributed by atoms with van der Waals surface area (Å²) in [7, 11) is -3.22. The van der Waals surface area contributed by atoms with Gasteiger partial charge in [-0.3, -0.25) is 14.2 Å². The van der Waals surface area contributed by atoms with Crippen LogP contribution >= 0.6 is 7.37 Å². The van der Waals surface area contributed by atoms with Crippen molar-refractivity contribution in [1.82, 2.24) is 16.0 Å². The minimum Gasteiger partial charge on any atom is -0.445 e. The van der Waals surface area contributed by atoms with Gasteiger partial charge in [-0.25, -0.2) is 4.79 Å². The third-order valence-corrected chi connectivity index (χ3v) is 11.0. The lowest BCUT2D eigenvalue weighted by Gasteiger charge is -2.29. The molecule has 4 N–H and O–H groups in total. The smallest absolute Gasteiger partial charge is 0.408 e. The molecule has 3 rings (SSSR count). The number of benzene rings is 2. The summed E-state index contributed by atoms with van der Waals surface area (Å²) < 4.78 is 25.4. The predicted molar refractivity (Wildman–Crippen MR) is 184 cm³/mol. The topological polar surface area (TPSA) is 143 Å². The lowest BCUT2D eigenvalue weighted by Crippen LogP contribution is -2.56. The SMILES string of the molecule is CC(C)C[C@@H](NC(=O)[C@@H](NC(=O)OCc1ccccc1)C(C)C)C(=O)NC[C@@H](O)CP(=O)(CC1CCCCC1)OCc1ccccc1. The Morgan fingerprint density at radius 1 is 0.851 bits per heavy atom. The Hall–Kier alpha value is -3.20.